The lowest BCUT2D eigenvalue weighted by molar-refractivity contribution is -0.131. The van der Waals surface area contributed by atoms with E-state index in [1.54, 1.807) is 37.3 Å². The molecule has 1 atom stereocenters. The topological polar surface area (TPSA) is 123 Å². The van der Waals surface area contributed by atoms with E-state index in [1.165, 1.54) is 16.4 Å². The summed E-state index contributed by atoms with van der Waals surface area (Å²) in [6.07, 6.45) is -0.945. The van der Waals surface area contributed by atoms with Gasteiger partial charge in [0.15, 0.2) is 11.5 Å². The first-order valence-corrected chi connectivity index (χ1v) is 11.5. The molecular weight excluding hydrogens is 438 g/mol. The van der Waals surface area contributed by atoms with Gasteiger partial charge in [-0.15, -0.1) is 0 Å². The zero-order valence-electron chi connectivity index (χ0n) is 17.4. The van der Waals surface area contributed by atoms with Crippen LogP contribution in [0.3, 0.4) is 0 Å². The van der Waals surface area contributed by atoms with Crippen molar-refractivity contribution in [2.24, 2.45) is 0 Å². The van der Waals surface area contributed by atoms with E-state index in [9.17, 15) is 18.0 Å². The van der Waals surface area contributed by atoms with E-state index in [1.807, 2.05) is 0 Å². The van der Waals surface area contributed by atoms with Gasteiger partial charge in [0.05, 0.1) is 18.1 Å². The number of carbonyl (C=O) groups excluding carboxylic acids is 2. The molecule has 2 aliphatic rings. The zero-order valence-corrected chi connectivity index (χ0v) is 18.2. The van der Waals surface area contributed by atoms with Gasteiger partial charge < -0.3 is 14.2 Å². The Morgan fingerprint density at radius 3 is 2.50 bits per heavy atom. The fourth-order valence-electron chi connectivity index (χ4n) is 3.36. The minimum atomic E-state index is -3.76. The van der Waals surface area contributed by atoms with Gasteiger partial charge in [0.1, 0.15) is 6.61 Å². The number of hydrogen-bond donors (Lipinski definition) is 2. The van der Waals surface area contributed by atoms with Crippen LogP contribution in [0.15, 0.2) is 47.4 Å². The van der Waals surface area contributed by atoms with Crippen LogP contribution in [-0.4, -0.2) is 63.6 Å². The molecule has 0 bridgehead atoms. The summed E-state index contributed by atoms with van der Waals surface area (Å²) >= 11 is 0. The number of sulfonamides is 1. The second kappa shape index (κ2) is 9.15. The third kappa shape index (κ3) is 4.54. The highest BCUT2D eigenvalue weighted by Gasteiger charge is 2.29. The molecule has 0 spiro atoms. The van der Waals surface area contributed by atoms with Crippen molar-refractivity contribution in [2.75, 3.05) is 32.9 Å². The van der Waals surface area contributed by atoms with Crippen LogP contribution >= 0.6 is 0 Å². The van der Waals surface area contributed by atoms with Gasteiger partial charge >= 0.3 is 0 Å². The SMILES string of the molecule is Cc1ccc(S(=O)(=O)N2CCOCC2)cc1C(=O)NNC(=O)C1COc2ccccc2O1. The van der Waals surface area contributed by atoms with Crippen LogP contribution in [0.1, 0.15) is 15.9 Å². The normalized spacial score (nSPS) is 18.6. The molecule has 2 aromatic rings. The Hall–Kier alpha value is -3.15. The van der Waals surface area contributed by atoms with E-state index in [4.69, 9.17) is 14.2 Å². The van der Waals surface area contributed by atoms with E-state index in [-0.39, 0.29) is 30.2 Å². The van der Waals surface area contributed by atoms with Gasteiger partial charge in [-0.1, -0.05) is 18.2 Å². The number of nitrogens with zero attached hydrogens (tertiary/aromatic N) is 1. The number of ether oxygens (including phenoxy) is 3. The molecule has 1 unspecified atom stereocenters. The maximum atomic E-state index is 12.9. The number of hydrogen-bond acceptors (Lipinski definition) is 7. The molecule has 2 heterocycles. The molecule has 0 aromatic heterocycles. The molecule has 0 radical (unpaired) electrons. The lowest BCUT2D eigenvalue weighted by atomic mass is 10.1. The molecule has 10 nitrogen and oxygen atoms in total. The summed E-state index contributed by atoms with van der Waals surface area (Å²) in [6, 6.07) is 11.3. The lowest BCUT2D eigenvalue weighted by Crippen LogP contribution is -2.51. The largest absolute Gasteiger partial charge is 0.485 e. The van der Waals surface area contributed by atoms with Crippen molar-refractivity contribution in [2.45, 2.75) is 17.9 Å². The summed E-state index contributed by atoms with van der Waals surface area (Å²) in [7, 11) is -3.76. The Balaban J connectivity index is 1.42. The number of hydrazine groups is 1. The van der Waals surface area contributed by atoms with Crippen LogP contribution in [0.4, 0.5) is 0 Å². The number of rotatable bonds is 4. The van der Waals surface area contributed by atoms with E-state index in [2.05, 4.69) is 10.9 Å². The first kappa shape index (κ1) is 22.1. The van der Waals surface area contributed by atoms with Gasteiger partial charge in [-0.3, -0.25) is 20.4 Å². The molecule has 0 aliphatic carbocycles. The van der Waals surface area contributed by atoms with Crippen molar-refractivity contribution in [3.8, 4) is 11.5 Å². The Labute approximate surface area is 185 Å². The second-order valence-corrected chi connectivity index (χ2v) is 9.24. The Bertz CT molecular complexity index is 1130. The van der Waals surface area contributed by atoms with Crippen molar-refractivity contribution >= 4 is 21.8 Å². The lowest BCUT2D eigenvalue weighted by Gasteiger charge is -2.26. The number of morpholine rings is 1. The Morgan fingerprint density at radius 2 is 1.75 bits per heavy atom. The molecule has 32 heavy (non-hydrogen) atoms. The van der Waals surface area contributed by atoms with Crippen LogP contribution in [0.5, 0.6) is 11.5 Å². The standard InChI is InChI=1S/C21H23N3O7S/c1-14-6-7-15(32(27,28)24-8-10-29-11-9-24)12-16(14)20(25)22-23-21(26)19-13-30-17-4-2-3-5-18(17)31-19/h2-7,12,19H,8-11,13H2,1H3,(H,22,25)(H,23,26). The molecule has 0 saturated carbocycles. The van der Waals surface area contributed by atoms with Gasteiger partial charge in [-0.2, -0.15) is 4.31 Å². The first-order chi connectivity index (χ1) is 15.4. The molecule has 4 rings (SSSR count). The summed E-state index contributed by atoms with van der Waals surface area (Å²) in [5, 5.41) is 0. The predicted molar refractivity (Wildman–Crippen MR) is 113 cm³/mol. The third-order valence-electron chi connectivity index (χ3n) is 5.16. The van der Waals surface area contributed by atoms with Gasteiger partial charge in [-0.05, 0) is 36.8 Å². The molecule has 2 N–H and O–H groups in total. The highest BCUT2D eigenvalue weighted by Crippen LogP contribution is 2.30. The maximum Gasteiger partial charge on any atom is 0.283 e. The third-order valence-corrected chi connectivity index (χ3v) is 7.06. The van der Waals surface area contributed by atoms with Gasteiger partial charge in [0, 0.05) is 18.7 Å². The number of aryl methyl sites for hydroxylation is 1. The Kier molecular flexibility index (Phi) is 6.31. The van der Waals surface area contributed by atoms with Gasteiger partial charge in [0.25, 0.3) is 11.8 Å². The van der Waals surface area contributed by atoms with E-state index >= 15 is 0 Å². The van der Waals surface area contributed by atoms with Crippen molar-refractivity contribution in [3.05, 3.63) is 53.6 Å². The minimum Gasteiger partial charge on any atom is -0.485 e. The molecule has 1 fully saturated rings. The number of para-hydroxylation sites is 2. The monoisotopic (exact) mass is 461 g/mol. The van der Waals surface area contributed by atoms with Crippen molar-refractivity contribution in [1.29, 1.82) is 0 Å². The quantitative estimate of drug-likeness (QED) is 0.640. The highest BCUT2D eigenvalue weighted by atomic mass is 32.2. The average Bonchev–Trinajstić information content (AvgIpc) is 2.82. The molecule has 2 amide bonds. The minimum absolute atomic E-state index is 0.00194. The average molecular weight is 461 g/mol. The number of carbonyl (C=O) groups is 2. The first-order valence-electron chi connectivity index (χ1n) is 10.0. The van der Waals surface area contributed by atoms with Crippen molar-refractivity contribution in [3.63, 3.8) is 0 Å². The van der Waals surface area contributed by atoms with Crippen molar-refractivity contribution in [1.82, 2.24) is 15.2 Å². The number of fused-ring (bicyclic) bond motifs is 1. The van der Waals surface area contributed by atoms with Crippen LogP contribution in [0.25, 0.3) is 0 Å². The summed E-state index contributed by atoms with van der Waals surface area (Å²) in [6.45, 7) is 2.81. The number of amides is 2. The molecule has 170 valence electrons. The fraction of sp³-hybridized carbons (Fsp3) is 0.333. The molecule has 11 heteroatoms. The summed E-state index contributed by atoms with van der Waals surface area (Å²) in [4.78, 5) is 25.1. The molecule has 1 saturated heterocycles. The van der Waals surface area contributed by atoms with E-state index in [0.717, 1.165) is 0 Å². The van der Waals surface area contributed by atoms with Gasteiger partial charge in [-0.25, -0.2) is 8.42 Å². The number of nitrogens with one attached hydrogen (secondary N) is 2. The predicted octanol–water partition coefficient (Wildman–Crippen LogP) is 0.617. The number of benzene rings is 2. The van der Waals surface area contributed by atoms with Crippen molar-refractivity contribution < 1.29 is 32.2 Å². The van der Waals surface area contributed by atoms with Crippen LogP contribution in [-0.2, 0) is 19.6 Å². The summed E-state index contributed by atoms with van der Waals surface area (Å²) < 4.78 is 43.4. The smallest absolute Gasteiger partial charge is 0.283 e. The van der Waals surface area contributed by atoms with E-state index in [0.29, 0.717) is 30.3 Å². The van der Waals surface area contributed by atoms with Gasteiger partial charge in [0.2, 0.25) is 16.1 Å². The van der Waals surface area contributed by atoms with Crippen LogP contribution in [0, 0.1) is 6.92 Å². The van der Waals surface area contributed by atoms with Crippen LogP contribution < -0.4 is 20.3 Å². The molecule has 2 aromatic carbocycles. The second-order valence-electron chi connectivity index (χ2n) is 7.30. The fourth-order valence-corrected chi connectivity index (χ4v) is 4.79. The Morgan fingerprint density at radius 1 is 1.03 bits per heavy atom. The zero-order chi connectivity index (χ0) is 22.7. The van der Waals surface area contributed by atoms with E-state index < -0.39 is 27.9 Å². The summed E-state index contributed by atoms with van der Waals surface area (Å²) in [5.41, 5.74) is 5.32. The molecular formula is C21H23N3O7S. The summed E-state index contributed by atoms with van der Waals surface area (Å²) in [5.74, 6) is -0.272. The molecule has 2 aliphatic heterocycles. The maximum absolute atomic E-state index is 12.9. The van der Waals surface area contributed by atoms with Crippen LogP contribution in [0.2, 0.25) is 0 Å². The highest BCUT2D eigenvalue weighted by molar-refractivity contribution is 7.89.